The number of ketones is 1. The third kappa shape index (κ3) is 3.83. The zero-order chi connectivity index (χ0) is 22.9. The summed E-state index contributed by atoms with van der Waals surface area (Å²) in [7, 11) is 1.65. The lowest BCUT2D eigenvalue weighted by molar-refractivity contribution is -0.142. The Hall–Kier alpha value is -2.67. The maximum atomic E-state index is 13.6. The van der Waals surface area contributed by atoms with Gasteiger partial charge in [0, 0.05) is 37.1 Å². The summed E-state index contributed by atoms with van der Waals surface area (Å²) in [4.78, 5) is 14.9. The number of hydrogen-bond donors (Lipinski definition) is 0. The molecule has 1 aromatic carbocycles. The lowest BCUT2D eigenvalue weighted by atomic mass is 9.79. The Morgan fingerprint density at radius 3 is 2.94 bits per heavy atom. The van der Waals surface area contributed by atoms with Crippen molar-refractivity contribution in [2.24, 2.45) is 5.92 Å². The minimum Gasteiger partial charge on any atom is -0.499 e. The highest BCUT2D eigenvalue weighted by molar-refractivity contribution is 5.88. The highest BCUT2D eigenvalue weighted by atomic mass is 19.1. The second-order valence-corrected chi connectivity index (χ2v) is 8.70. The van der Waals surface area contributed by atoms with Gasteiger partial charge in [-0.25, -0.2) is 4.39 Å². The zero-order valence-corrected chi connectivity index (χ0v) is 19.2. The number of likely N-dealkylation sites (tertiary alicyclic amines) is 1. The summed E-state index contributed by atoms with van der Waals surface area (Å²) in [6, 6.07) is 4.56. The Morgan fingerprint density at radius 2 is 2.22 bits per heavy atom. The number of nitrogens with zero attached hydrogens (tertiary/aromatic N) is 2. The maximum Gasteiger partial charge on any atom is 0.170 e. The van der Waals surface area contributed by atoms with Crippen LogP contribution in [-0.2, 0) is 14.3 Å². The fraction of sp³-hybridized carbons (Fsp3) is 0.520. The molecule has 1 saturated heterocycles. The van der Waals surface area contributed by atoms with E-state index in [0.717, 1.165) is 54.9 Å². The van der Waals surface area contributed by atoms with Crippen molar-refractivity contribution in [3.8, 4) is 0 Å². The van der Waals surface area contributed by atoms with Gasteiger partial charge in [-0.1, -0.05) is 19.0 Å². The molecule has 1 aliphatic heterocycles. The van der Waals surface area contributed by atoms with E-state index in [1.807, 2.05) is 26.0 Å². The Labute approximate surface area is 188 Å². The van der Waals surface area contributed by atoms with Crippen LogP contribution in [0.25, 0.3) is 11.0 Å². The molecule has 0 radical (unpaired) electrons. The summed E-state index contributed by atoms with van der Waals surface area (Å²) in [5, 5.41) is 5.13. The number of Topliss-reactive ketones (excluding diaryl/α,β-unsaturated/α-hetero) is 1. The fourth-order valence-electron chi connectivity index (χ4n) is 5.00. The van der Waals surface area contributed by atoms with Crippen LogP contribution in [0.1, 0.15) is 51.6 Å². The molecule has 6 nitrogen and oxygen atoms in total. The Kier molecular flexibility index (Phi) is 6.38. The van der Waals surface area contributed by atoms with E-state index in [1.165, 1.54) is 12.1 Å². The van der Waals surface area contributed by atoms with Gasteiger partial charge in [0.25, 0.3) is 0 Å². The Balaban J connectivity index is 1.63. The molecule has 1 aliphatic carbocycles. The van der Waals surface area contributed by atoms with Gasteiger partial charge in [-0.15, -0.1) is 0 Å². The first-order valence-corrected chi connectivity index (χ1v) is 11.3. The third-order valence-corrected chi connectivity index (χ3v) is 6.70. The number of carbonyl (C=O) groups excluding carboxylic acids is 1. The topological polar surface area (TPSA) is 64.8 Å². The van der Waals surface area contributed by atoms with Crippen LogP contribution in [0.4, 0.5) is 4.39 Å². The zero-order valence-electron chi connectivity index (χ0n) is 19.2. The van der Waals surface area contributed by atoms with E-state index in [4.69, 9.17) is 14.0 Å². The lowest BCUT2D eigenvalue weighted by Crippen LogP contribution is -2.48. The largest absolute Gasteiger partial charge is 0.499 e. The molecule has 2 heterocycles. The quantitative estimate of drug-likeness (QED) is 0.604. The number of aromatic nitrogens is 1. The molecule has 2 unspecified atom stereocenters. The molecule has 0 saturated carbocycles. The van der Waals surface area contributed by atoms with Gasteiger partial charge in [-0.3, -0.25) is 4.79 Å². The van der Waals surface area contributed by atoms with Crippen molar-refractivity contribution in [2.75, 3.05) is 26.8 Å². The number of ether oxygens (including phenoxy) is 2. The van der Waals surface area contributed by atoms with Crippen LogP contribution in [0.5, 0.6) is 0 Å². The minimum atomic E-state index is -1.01. The molecular formula is C25H31FN2O4. The lowest BCUT2D eigenvalue weighted by Gasteiger charge is -2.42. The summed E-state index contributed by atoms with van der Waals surface area (Å²) < 4.78 is 30.9. The molecule has 2 aromatic rings. The molecular weight excluding hydrogens is 411 g/mol. The summed E-state index contributed by atoms with van der Waals surface area (Å²) in [6.45, 7) is 7.71. The number of methoxy groups -OCH3 is 1. The molecule has 0 spiro atoms. The molecule has 172 valence electrons. The predicted molar refractivity (Wildman–Crippen MR) is 120 cm³/mol. The van der Waals surface area contributed by atoms with E-state index in [0.29, 0.717) is 12.2 Å². The van der Waals surface area contributed by atoms with Crippen molar-refractivity contribution in [2.45, 2.75) is 51.6 Å². The number of carbonyl (C=O) groups is 1. The van der Waals surface area contributed by atoms with Crippen molar-refractivity contribution in [3.63, 3.8) is 0 Å². The molecule has 0 amide bonds. The number of allylic oxidation sites excluding steroid dienone is 1. The fourth-order valence-corrected chi connectivity index (χ4v) is 5.00. The van der Waals surface area contributed by atoms with E-state index in [2.05, 4.69) is 10.1 Å². The van der Waals surface area contributed by atoms with Crippen LogP contribution in [0.2, 0.25) is 0 Å². The first-order valence-electron chi connectivity index (χ1n) is 11.3. The molecule has 3 atom stereocenters. The van der Waals surface area contributed by atoms with Gasteiger partial charge in [0.1, 0.15) is 11.6 Å². The highest BCUT2D eigenvalue weighted by Gasteiger charge is 2.46. The van der Waals surface area contributed by atoms with Gasteiger partial charge in [-0.05, 0) is 50.5 Å². The first-order chi connectivity index (χ1) is 15.4. The van der Waals surface area contributed by atoms with Gasteiger partial charge >= 0.3 is 0 Å². The highest BCUT2D eigenvalue weighted by Crippen LogP contribution is 2.40. The first kappa shape index (κ1) is 22.5. The number of fused-ring (bicyclic) bond motifs is 1. The molecule has 32 heavy (non-hydrogen) atoms. The van der Waals surface area contributed by atoms with Gasteiger partial charge < -0.3 is 18.9 Å². The molecule has 2 aliphatic rings. The van der Waals surface area contributed by atoms with Crippen molar-refractivity contribution >= 4 is 16.8 Å². The number of hydrogen-bond acceptors (Lipinski definition) is 6. The maximum absolute atomic E-state index is 13.6. The molecule has 0 bridgehead atoms. The molecule has 1 fully saturated rings. The normalized spacial score (nSPS) is 26.1. The van der Waals surface area contributed by atoms with E-state index in [1.54, 1.807) is 20.1 Å². The van der Waals surface area contributed by atoms with Gasteiger partial charge in [0.2, 0.25) is 0 Å². The number of benzene rings is 1. The summed E-state index contributed by atoms with van der Waals surface area (Å²) in [5.41, 5.74) is 1.30. The van der Waals surface area contributed by atoms with Crippen LogP contribution in [0.3, 0.4) is 0 Å². The number of piperidine rings is 1. The number of rotatable bonds is 7. The minimum absolute atomic E-state index is 0.0267. The van der Waals surface area contributed by atoms with Gasteiger partial charge in [0.15, 0.2) is 17.0 Å². The average Bonchev–Trinajstić information content (AvgIpc) is 3.21. The Morgan fingerprint density at radius 1 is 1.41 bits per heavy atom. The monoisotopic (exact) mass is 442 g/mol. The molecule has 0 N–H and O–H groups in total. The summed E-state index contributed by atoms with van der Waals surface area (Å²) in [5.74, 6) is 0.307. The predicted octanol–water partition coefficient (Wildman–Crippen LogP) is 4.96. The van der Waals surface area contributed by atoms with E-state index in [9.17, 15) is 9.18 Å². The second-order valence-electron chi connectivity index (χ2n) is 8.70. The molecule has 1 aromatic heterocycles. The van der Waals surface area contributed by atoms with Crippen LogP contribution < -0.4 is 0 Å². The van der Waals surface area contributed by atoms with E-state index in [-0.39, 0.29) is 23.4 Å². The summed E-state index contributed by atoms with van der Waals surface area (Å²) >= 11 is 0. The van der Waals surface area contributed by atoms with Crippen molar-refractivity contribution in [1.82, 2.24) is 10.1 Å². The van der Waals surface area contributed by atoms with Crippen molar-refractivity contribution < 1.29 is 23.2 Å². The molecule has 7 heteroatoms. The van der Waals surface area contributed by atoms with Crippen LogP contribution in [0, 0.1) is 11.7 Å². The average molecular weight is 443 g/mol. The van der Waals surface area contributed by atoms with E-state index >= 15 is 0 Å². The van der Waals surface area contributed by atoms with Crippen LogP contribution >= 0.6 is 0 Å². The number of halogens is 1. The van der Waals surface area contributed by atoms with Crippen molar-refractivity contribution in [1.29, 1.82) is 0 Å². The van der Waals surface area contributed by atoms with Gasteiger partial charge in [0.05, 0.1) is 24.4 Å². The van der Waals surface area contributed by atoms with Gasteiger partial charge in [-0.2, -0.15) is 0 Å². The standard InChI is InChI=1S/C25H31FN2O4/c1-5-13-31-25(17(3)29)11-10-21(24(30-4)16(25)2)28-12-6-7-18(15-28)23-20-9-8-19(26)14-22(20)32-27-23/h8-11,14,16,18H,5-7,12-13,15H2,1-4H3/t16?,18?,25-/m1/s1. The Bertz CT molecular complexity index is 1060. The second kappa shape index (κ2) is 9.06. The third-order valence-electron chi connectivity index (χ3n) is 6.70. The van der Waals surface area contributed by atoms with Crippen molar-refractivity contribution in [3.05, 3.63) is 53.3 Å². The summed E-state index contributed by atoms with van der Waals surface area (Å²) in [6.07, 6.45) is 6.65. The molecule has 4 rings (SSSR count). The smallest absolute Gasteiger partial charge is 0.170 e. The van der Waals surface area contributed by atoms with Crippen LogP contribution in [0.15, 0.2) is 46.3 Å². The van der Waals surface area contributed by atoms with Crippen LogP contribution in [-0.4, -0.2) is 48.2 Å². The van der Waals surface area contributed by atoms with E-state index < -0.39 is 5.60 Å². The SMILES string of the molecule is CCCO[C@]1(C(C)=O)C=CC(N2CCCC(c3noc4cc(F)ccc34)C2)=C(OC)C1C.